The van der Waals surface area contributed by atoms with Crippen LogP contribution >= 0.6 is 15.9 Å². The van der Waals surface area contributed by atoms with Gasteiger partial charge in [0.2, 0.25) is 5.91 Å². The Bertz CT molecular complexity index is 742. The number of rotatable bonds is 2. The van der Waals surface area contributed by atoms with Crippen molar-refractivity contribution in [1.29, 1.82) is 0 Å². The van der Waals surface area contributed by atoms with Gasteiger partial charge in [-0.05, 0) is 28.8 Å². The minimum atomic E-state index is -0.220. The van der Waals surface area contributed by atoms with Gasteiger partial charge in [0.15, 0.2) is 5.78 Å². The van der Waals surface area contributed by atoms with Crippen molar-refractivity contribution < 1.29 is 9.59 Å². The molecule has 3 nitrogen and oxygen atoms in total. The van der Waals surface area contributed by atoms with Crippen molar-refractivity contribution in [3.8, 4) is 0 Å². The van der Waals surface area contributed by atoms with Crippen LogP contribution in [0.5, 0.6) is 0 Å². The SMILES string of the molecule is CCC(=O)N1CC(=O)Cc2ccc(Br)cc2C1c1ccccc1. The second-order valence-corrected chi connectivity index (χ2v) is 6.66. The smallest absolute Gasteiger partial charge is 0.223 e. The molecule has 1 amide bonds. The van der Waals surface area contributed by atoms with Gasteiger partial charge in [0.1, 0.15) is 0 Å². The highest BCUT2D eigenvalue weighted by atomic mass is 79.9. The first kappa shape index (κ1) is 15.9. The monoisotopic (exact) mass is 371 g/mol. The van der Waals surface area contributed by atoms with Crippen molar-refractivity contribution in [3.05, 3.63) is 69.7 Å². The molecule has 0 radical (unpaired) electrons. The number of nitrogens with zero attached hydrogens (tertiary/aromatic N) is 1. The molecule has 118 valence electrons. The lowest BCUT2D eigenvalue weighted by Crippen LogP contribution is -2.37. The molecule has 2 aromatic carbocycles. The molecule has 0 aromatic heterocycles. The Balaban J connectivity index is 2.21. The Hall–Kier alpha value is -1.94. The van der Waals surface area contributed by atoms with E-state index < -0.39 is 0 Å². The van der Waals surface area contributed by atoms with E-state index in [1.165, 1.54) is 0 Å². The Morgan fingerprint density at radius 2 is 1.96 bits per heavy atom. The van der Waals surface area contributed by atoms with Crippen LogP contribution in [0.3, 0.4) is 0 Å². The van der Waals surface area contributed by atoms with Crippen LogP contribution in [0, 0.1) is 0 Å². The number of amides is 1. The second-order valence-electron chi connectivity index (χ2n) is 5.75. The van der Waals surface area contributed by atoms with E-state index in [4.69, 9.17) is 0 Å². The van der Waals surface area contributed by atoms with E-state index in [0.717, 1.165) is 21.2 Å². The van der Waals surface area contributed by atoms with Crippen LogP contribution in [0.15, 0.2) is 53.0 Å². The van der Waals surface area contributed by atoms with Gasteiger partial charge >= 0.3 is 0 Å². The van der Waals surface area contributed by atoms with Gasteiger partial charge in [0, 0.05) is 17.3 Å². The third kappa shape index (κ3) is 3.22. The normalized spacial score (nSPS) is 17.6. The highest BCUT2D eigenvalue weighted by Gasteiger charge is 2.32. The third-order valence-electron chi connectivity index (χ3n) is 4.19. The molecule has 3 rings (SSSR count). The minimum absolute atomic E-state index is 0.0000265. The molecule has 23 heavy (non-hydrogen) atoms. The molecule has 0 fully saturated rings. The lowest BCUT2D eigenvalue weighted by Gasteiger charge is -2.31. The van der Waals surface area contributed by atoms with E-state index in [-0.39, 0.29) is 24.3 Å². The van der Waals surface area contributed by atoms with Crippen LogP contribution in [0.1, 0.15) is 36.1 Å². The van der Waals surface area contributed by atoms with Crippen LogP contribution in [-0.2, 0) is 16.0 Å². The van der Waals surface area contributed by atoms with Crippen molar-refractivity contribution in [1.82, 2.24) is 4.90 Å². The summed E-state index contributed by atoms with van der Waals surface area (Å²) in [5, 5.41) is 0. The van der Waals surface area contributed by atoms with Crippen molar-refractivity contribution in [2.45, 2.75) is 25.8 Å². The van der Waals surface area contributed by atoms with Gasteiger partial charge in [-0.25, -0.2) is 0 Å². The van der Waals surface area contributed by atoms with Crippen molar-refractivity contribution in [3.63, 3.8) is 0 Å². The molecule has 1 unspecified atom stereocenters. The number of carbonyl (C=O) groups is 2. The molecule has 1 heterocycles. The molecule has 4 heteroatoms. The molecule has 0 bridgehead atoms. The van der Waals surface area contributed by atoms with E-state index in [1.807, 2.05) is 55.5 Å². The summed E-state index contributed by atoms with van der Waals surface area (Å²) in [4.78, 5) is 26.6. The van der Waals surface area contributed by atoms with Crippen LogP contribution < -0.4 is 0 Å². The topological polar surface area (TPSA) is 37.4 Å². The zero-order valence-corrected chi connectivity index (χ0v) is 14.5. The lowest BCUT2D eigenvalue weighted by atomic mass is 9.93. The molecule has 1 aliphatic heterocycles. The average Bonchev–Trinajstić information content (AvgIpc) is 2.70. The van der Waals surface area contributed by atoms with E-state index in [0.29, 0.717) is 12.8 Å². The summed E-state index contributed by atoms with van der Waals surface area (Å²) in [6.07, 6.45) is 0.763. The molecule has 2 aromatic rings. The largest absolute Gasteiger partial charge is 0.324 e. The van der Waals surface area contributed by atoms with E-state index in [1.54, 1.807) is 4.90 Å². The number of carbonyl (C=O) groups excluding carboxylic acids is 2. The number of Topliss-reactive ketones (excluding diaryl/α,β-unsaturated/α-hetero) is 1. The second kappa shape index (κ2) is 6.67. The van der Waals surface area contributed by atoms with Crippen molar-refractivity contribution >= 4 is 27.6 Å². The number of benzene rings is 2. The van der Waals surface area contributed by atoms with Crippen LogP contribution in [0.25, 0.3) is 0 Å². The van der Waals surface area contributed by atoms with Crippen LogP contribution in [0.4, 0.5) is 0 Å². The van der Waals surface area contributed by atoms with Crippen molar-refractivity contribution in [2.24, 2.45) is 0 Å². The van der Waals surface area contributed by atoms with Gasteiger partial charge in [-0.3, -0.25) is 9.59 Å². The average molecular weight is 372 g/mol. The summed E-state index contributed by atoms with van der Waals surface area (Å²) in [6, 6.07) is 15.7. The maximum Gasteiger partial charge on any atom is 0.223 e. The van der Waals surface area contributed by atoms with Gasteiger partial charge in [-0.1, -0.05) is 59.3 Å². The molecule has 0 saturated heterocycles. The molecule has 1 atom stereocenters. The predicted molar refractivity (Wildman–Crippen MR) is 93.1 cm³/mol. The zero-order valence-electron chi connectivity index (χ0n) is 13.0. The fourth-order valence-electron chi connectivity index (χ4n) is 3.13. The molecular weight excluding hydrogens is 354 g/mol. The van der Waals surface area contributed by atoms with Crippen LogP contribution in [0.2, 0.25) is 0 Å². The van der Waals surface area contributed by atoms with E-state index >= 15 is 0 Å². The maximum absolute atomic E-state index is 12.5. The third-order valence-corrected chi connectivity index (χ3v) is 4.68. The molecule has 0 saturated carbocycles. The summed E-state index contributed by atoms with van der Waals surface area (Å²) in [5.74, 6) is 0.0776. The highest BCUT2D eigenvalue weighted by Crippen LogP contribution is 2.35. The number of hydrogen-bond donors (Lipinski definition) is 0. The van der Waals surface area contributed by atoms with Gasteiger partial charge in [-0.2, -0.15) is 0 Å². The number of ketones is 1. The van der Waals surface area contributed by atoms with Crippen molar-refractivity contribution in [2.75, 3.05) is 6.54 Å². The zero-order chi connectivity index (χ0) is 16.4. The first-order valence-electron chi connectivity index (χ1n) is 7.74. The lowest BCUT2D eigenvalue weighted by molar-refractivity contribution is -0.136. The molecule has 0 spiro atoms. The summed E-state index contributed by atoms with van der Waals surface area (Å²) in [5.41, 5.74) is 3.06. The van der Waals surface area contributed by atoms with E-state index in [2.05, 4.69) is 15.9 Å². The maximum atomic E-state index is 12.5. The van der Waals surface area contributed by atoms with Gasteiger partial charge in [-0.15, -0.1) is 0 Å². The number of hydrogen-bond acceptors (Lipinski definition) is 2. The standard InChI is InChI=1S/C19H18BrNO2/c1-2-18(23)21-12-16(22)10-14-8-9-15(20)11-17(14)19(21)13-6-4-3-5-7-13/h3-9,11,19H,2,10,12H2,1H3. The van der Waals surface area contributed by atoms with Gasteiger partial charge in [0.25, 0.3) is 0 Å². The summed E-state index contributed by atoms with van der Waals surface area (Å²) in [6.45, 7) is 2.00. The van der Waals surface area contributed by atoms with Crippen LogP contribution in [-0.4, -0.2) is 23.1 Å². The Kier molecular flexibility index (Phi) is 4.62. The molecule has 0 N–H and O–H groups in total. The Morgan fingerprint density at radius 1 is 1.22 bits per heavy atom. The quantitative estimate of drug-likeness (QED) is 0.802. The number of fused-ring (bicyclic) bond motifs is 1. The number of halogens is 1. The predicted octanol–water partition coefficient (Wildman–Crippen LogP) is 3.90. The summed E-state index contributed by atoms with van der Waals surface area (Å²) >= 11 is 3.52. The fraction of sp³-hybridized carbons (Fsp3) is 0.263. The highest BCUT2D eigenvalue weighted by molar-refractivity contribution is 9.10. The Labute approximate surface area is 144 Å². The van der Waals surface area contributed by atoms with Gasteiger partial charge < -0.3 is 4.90 Å². The summed E-state index contributed by atoms with van der Waals surface area (Å²) in [7, 11) is 0. The summed E-state index contributed by atoms with van der Waals surface area (Å²) < 4.78 is 0.954. The van der Waals surface area contributed by atoms with Gasteiger partial charge in [0.05, 0.1) is 12.6 Å². The molecular formula is C19H18BrNO2. The fourth-order valence-corrected chi connectivity index (χ4v) is 3.51. The Morgan fingerprint density at radius 3 is 2.65 bits per heavy atom. The molecule has 1 aliphatic rings. The minimum Gasteiger partial charge on any atom is -0.324 e. The first-order chi connectivity index (χ1) is 11.1. The first-order valence-corrected chi connectivity index (χ1v) is 8.54. The molecule has 0 aliphatic carbocycles. The van der Waals surface area contributed by atoms with E-state index in [9.17, 15) is 9.59 Å².